The number of hydrogen-bond donors (Lipinski definition) is 1. The van der Waals surface area contributed by atoms with Crippen LogP contribution in [0.15, 0.2) is 52.2 Å². The van der Waals surface area contributed by atoms with Crippen LogP contribution in [0, 0.1) is 11.6 Å². The van der Waals surface area contributed by atoms with Crippen molar-refractivity contribution in [1.82, 2.24) is 9.58 Å². The highest BCUT2D eigenvalue weighted by molar-refractivity contribution is 6.00. The van der Waals surface area contributed by atoms with Crippen molar-refractivity contribution in [2.24, 2.45) is 0 Å². The number of aryl methyl sites for hydroxylation is 1. The van der Waals surface area contributed by atoms with Crippen LogP contribution in [0.4, 0.5) is 8.78 Å². The van der Waals surface area contributed by atoms with Crippen LogP contribution in [0.1, 0.15) is 45.3 Å². The third-order valence-electron chi connectivity index (χ3n) is 5.88. The van der Waals surface area contributed by atoms with Crippen molar-refractivity contribution in [3.05, 3.63) is 87.2 Å². The normalized spacial score (nSPS) is 13.2. The van der Waals surface area contributed by atoms with Crippen molar-refractivity contribution in [3.8, 4) is 5.75 Å². The molecule has 0 radical (unpaired) electrons. The second kappa shape index (κ2) is 10.7. The summed E-state index contributed by atoms with van der Waals surface area (Å²) in [4.78, 5) is 40.4. The van der Waals surface area contributed by atoms with Gasteiger partial charge in [0.15, 0.2) is 17.2 Å². The van der Waals surface area contributed by atoms with Gasteiger partial charge in [0.2, 0.25) is 5.43 Å². The topological polar surface area (TPSA) is 105 Å². The van der Waals surface area contributed by atoms with E-state index in [4.69, 9.17) is 9.15 Å². The first-order valence-electron chi connectivity index (χ1n) is 11.4. The third kappa shape index (κ3) is 5.15. The first-order valence-corrected chi connectivity index (χ1v) is 11.4. The Balaban J connectivity index is 1.66. The molecule has 1 N–H and O–H groups in total. The van der Waals surface area contributed by atoms with E-state index in [-0.39, 0.29) is 56.0 Å². The van der Waals surface area contributed by atoms with Crippen LogP contribution in [-0.2, 0) is 17.7 Å². The standard InChI is InChI=1S/C25H25F2N3O6/c1-2-35-10-8-28-15-29(12-16-7-9-36-14-16)30-13-19(23(32)24(33)22(30)25(28)34)21(31)6-4-17-3-5-18(26)11-20(17)27/h3,5,7,9,11,13-14,33H,2,4,6,8,10,12,15H2,1H3. The Morgan fingerprint density at radius 2 is 2.03 bits per heavy atom. The molecule has 9 nitrogen and oxygen atoms in total. The molecule has 11 heteroatoms. The first kappa shape index (κ1) is 25.1. The Hall–Kier alpha value is -3.99. The number of rotatable bonds is 10. The van der Waals surface area contributed by atoms with E-state index >= 15 is 0 Å². The zero-order chi connectivity index (χ0) is 25.8. The maximum absolute atomic E-state index is 14.0. The number of pyridine rings is 1. The summed E-state index contributed by atoms with van der Waals surface area (Å²) in [6, 6.07) is 4.76. The zero-order valence-electron chi connectivity index (χ0n) is 19.6. The fourth-order valence-electron chi connectivity index (χ4n) is 4.01. The van der Waals surface area contributed by atoms with Gasteiger partial charge in [0.1, 0.15) is 18.3 Å². The van der Waals surface area contributed by atoms with E-state index in [9.17, 15) is 28.3 Å². The number of hydrogen-bond acceptors (Lipinski definition) is 7. The first-order chi connectivity index (χ1) is 17.3. The second-order valence-electron chi connectivity index (χ2n) is 8.28. The molecular weight excluding hydrogens is 476 g/mol. The molecule has 4 rings (SSSR count). The van der Waals surface area contributed by atoms with Gasteiger partial charge in [-0.2, -0.15) is 0 Å². The molecule has 2 aromatic heterocycles. The van der Waals surface area contributed by atoms with E-state index in [1.54, 1.807) is 11.1 Å². The number of fused-ring (bicyclic) bond motifs is 1. The highest BCUT2D eigenvalue weighted by atomic mass is 19.1. The smallest absolute Gasteiger partial charge is 0.277 e. The number of halogens is 2. The fourth-order valence-corrected chi connectivity index (χ4v) is 4.01. The number of aromatic hydroxyl groups is 1. The lowest BCUT2D eigenvalue weighted by Gasteiger charge is -2.39. The van der Waals surface area contributed by atoms with Gasteiger partial charge in [-0.3, -0.25) is 24.1 Å². The van der Waals surface area contributed by atoms with Gasteiger partial charge in [0.05, 0.1) is 31.2 Å². The minimum absolute atomic E-state index is 0.0736. The van der Waals surface area contributed by atoms with Gasteiger partial charge < -0.3 is 19.2 Å². The fraction of sp³-hybridized carbons (Fsp3) is 0.320. The number of Topliss-reactive ketones (excluding diaryl/α,β-unsaturated/α-hetero) is 1. The summed E-state index contributed by atoms with van der Waals surface area (Å²) < 4.78 is 38.9. The number of aromatic nitrogens is 1. The van der Waals surface area contributed by atoms with E-state index in [1.165, 1.54) is 34.4 Å². The molecule has 0 unspecified atom stereocenters. The number of ketones is 1. The van der Waals surface area contributed by atoms with Crippen molar-refractivity contribution in [2.75, 3.05) is 31.4 Å². The second-order valence-corrected chi connectivity index (χ2v) is 8.28. The molecular formula is C25H25F2N3O6. The predicted molar refractivity (Wildman–Crippen MR) is 124 cm³/mol. The summed E-state index contributed by atoms with van der Waals surface area (Å²) in [5.74, 6) is -3.61. The van der Waals surface area contributed by atoms with Gasteiger partial charge >= 0.3 is 0 Å². The van der Waals surface area contributed by atoms with E-state index in [0.717, 1.165) is 17.7 Å². The molecule has 1 aromatic carbocycles. The molecule has 1 amide bonds. The molecule has 0 fully saturated rings. The number of nitrogens with zero attached hydrogens (tertiary/aromatic N) is 3. The van der Waals surface area contributed by atoms with Gasteiger partial charge in [-0.15, -0.1) is 0 Å². The molecule has 3 aromatic rings. The molecule has 36 heavy (non-hydrogen) atoms. The number of furan rings is 1. The van der Waals surface area contributed by atoms with Crippen LogP contribution in [0.5, 0.6) is 5.75 Å². The maximum atomic E-state index is 14.0. The Morgan fingerprint density at radius 3 is 2.72 bits per heavy atom. The van der Waals surface area contributed by atoms with Crippen LogP contribution in [-0.4, -0.2) is 52.8 Å². The van der Waals surface area contributed by atoms with Gasteiger partial charge in [-0.05, 0) is 31.0 Å². The van der Waals surface area contributed by atoms with Crippen LogP contribution >= 0.6 is 0 Å². The number of carbonyl (C=O) groups excluding carboxylic acids is 2. The number of benzene rings is 1. The van der Waals surface area contributed by atoms with Crippen molar-refractivity contribution in [3.63, 3.8) is 0 Å². The third-order valence-corrected chi connectivity index (χ3v) is 5.88. The molecule has 190 valence electrons. The highest BCUT2D eigenvalue weighted by Gasteiger charge is 2.34. The molecule has 0 spiro atoms. The number of carbonyl (C=O) groups is 2. The van der Waals surface area contributed by atoms with E-state index < -0.39 is 34.5 Å². The van der Waals surface area contributed by atoms with Crippen molar-refractivity contribution < 1.29 is 32.6 Å². The average Bonchev–Trinajstić information content (AvgIpc) is 3.36. The molecule has 0 atom stereocenters. The number of amides is 1. The largest absolute Gasteiger partial charge is 0.502 e. The average molecular weight is 501 g/mol. The van der Waals surface area contributed by atoms with E-state index in [1.807, 2.05) is 6.92 Å². The highest BCUT2D eigenvalue weighted by Crippen LogP contribution is 2.23. The van der Waals surface area contributed by atoms with Crippen LogP contribution in [0.3, 0.4) is 0 Å². The summed E-state index contributed by atoms with van der Waals surface area (Å²) in [6.07, 6.45) is 3.90. The van der Waals surface area contributed by atoms with Crippen LogP contribution < -0.4 is 10.4 Å². The molecule has 3 heterocycles. The molecule has 0 saturated heterocycles. The summed E-state index contributed by atoms with van der Waals surface area (Å²) in [7, 11) is 0. The molecule has 0 aliphatic carbocycles. The lowest BCUT2D eigenvalue weighted by molar-refractivity contribution is 0.0582. The summed E-state index contributed by atoms with van der Waals surface area (Å²) in [5, 5.41) is 12.4. The molecule has 0 saturated carbocycles. The lowest BCUT2D eigenvalue weighted by atomic mass is 10.0. The van der Waals surface area contributed by atoms with Crippen molar-refractivity contribution >= 4 is 11.7 Å². The van der Waals surface area contributed by atoms with E-state index in [0.29, 0.717) is 6.61 Å². The Labute approximate surface area is 205 Å². The van der Waals surface area contributed by atoms with Crippen LogP contribution in [0.2, 0.25) is 0 Å². The summed E-state index contributed by atoms with van der Waals surface area (Å²) >= 11 is 0. The quantitative estimate of drug-likeness (QED) is 0.336. The van der Waals surface area contributed by atoms with Gasteiger partial charge in [-0.25, -0.2) is 8.78 Å². The minimum Gasteiger partial charge on any atom is -0.502 e. The van der Waals surface area contributed by atoms with Gasteiger partial charge in [-0.1, -0.05) is 6.07 Å². The molecule has 1 aliphatic heterocycles. The van der Waals surface area contributed by atoms with Crippen LogP contribution in [0.25, 0.3) is 0 Å². The molecule has 1 aliphatic rings. The number of ether oxygens (including phenoxy) is 1. The summed E-state index contributed by atoms with van der Waals surface area (Å²) in [5.41, 5.74) is -0.723. The van der Waals surface area contributed by atoms with Gasteiger partial charge in [0, 0.05) is 37.4 Å². The summed E-state index contributed by atoms with van der Waals surface area (Å²) in [6.45, 7) is 3.14. The van der Waals surface area contributed by atoms with Crippen molar-refractivity contribution in [1.29, 1.82) is 0 Å². The Bertz CT molecular complexity index is 1320. The lowest BCUT2D eigenvalue weighted by Crippen LogP contribution is -2.54. The molecule has 0 bridgehead atoms. The minimum atomic E-state index is -0.992. The predicted octanol–water partition coefficient (Wildman–Crippen LogP) is 2.83. The van der Waals surface area contributed by atoms with Gasteiger partial charge in [0.25, 0.3) is 5.91 Å². The zero-order valence-corrected chi connectivity index (χ0v) is 19.6. The SMILES string of the molecule is CCOCCN1CN(Cc2ccoc2)n2cc(C(=O)CCc3ccc(F)cc3F)c(=O)c(O)c2C1=O. The van der Waals surface area contributed by atoms with E-state index in [2.05, 4.69) is 0 Å². The van der Waals surface area contributed by atoms with Crippen molar-refractivity contribution in [2.45, 2.75) is 26.3 Å². The maximum Gasteiger partial charge on any atom is 0.277 e. The Morgan fingerprint density at radius 1 is 1.22 bits per heavy atom. The Kier molecular flexibility index (Phi) is 7.49. The monoisotopic (exact) mass is 501 g/mol.